The Balaban J connectivity index is 1.70. The van der Waals surface area contributed by atoms with Gasteiger partial charge in [0.15, 0.2) is 0 Å². The summed E-state index contributed by atoms with van der Waals surface area (Å²) >= 11 is 0. The van der Waals surface area contributed by atoms with Crippen molar-refractivity contribution in [2.24, 2.45) is 5.92 Å². The van der Waals surface area contributed by atoms with E-state index < -0.39 is 0 Å². The number of amides is 1. The number of rotatable bonds is 4. The largest absolute Gasteiger partial charge is 0.466 e. The van der Waals surface area contributed by atoms with Gasteiger partial charge in [0.1, 0.15) is 11.6 Å². The summed E-state index contributed by atoms with van der Waals surface area (Å²) in [6.07, 6.45) is 3.72. The van der Waals surface area contributed by atoms with E-state index in [9.17, 15) is 14.9 Å². The van der Waals surface area contributed by atoms with E-state index in [1.165, 1.54) is 5.56 Å². The molecule has 0 bridgehead atoms. The van der Waals surface area contributed by atoms with Crippen molar-refractivity contribution in [3.05, 3.63) is 41.6 Å². The van der Waals surface area contributed by atoms with Gasteiger partial charge in [0.05, 0.1) is 12.5 Å². The zero-order valence-corrected chi connectivity index (χ0v) is 15.9. The number of para-hydroxylation sites is 1. The van der Waals surface area contributed by atoms with Crippen LogP contribution in [0.5, 0.6) is 0 Å². The Morgan fingerprint density at radius 3 is 2.67 bits per heavy atom. The molecule has 0 aliphatic carbocycles. The number of anilines is 1. The van der Waals surface area contributed by atoms with Crippen molar-refractivity contribution >= 4 is 17.6 Å². The number of hydrogen-bond acceptors (Lipinski definition) is 5. The van der Waals surface area contributed by atoms with Gasteiger partial charge in [-0.1, -0.05) is 18.2 Å². The quantitative estimate of drug-likeness (QED) is 0.465. The highest BCUT2D eigenvalue weighted by Gasteiger charge is 2.31. The van der Waals surface area contributed by atoms with Crippen molar-refractivity contribution in [2.45, 2.75) is 39.2 Å². The first-order chi connectivity index (χ1) is 13.0. The second kappa shape index (κ2) is 8.26. The summed E-state index contributed by atoms with van der Waals surface area (Å²) in [5, 5.41) is 9.57. The second-order valence-corrected chi connectivity index (χ2v) is 7.06. The fourth-order valence-corrected chi connectivity index (χ4v) is 3.81. The summed E-state index contributed by atoms with van der Waals surface area (Å²) in [5.74, 6) is -0.617. The standard InChI is InChI=1S/C21H25N3O3/c1-3-27-21(26)16-8-10-23(11-9-16)20(25)18(13-22)14-24-15(2)12-17-6-4-5-7-19(17)24/h4-7,14-16H,3,8-12H2,1-2H3/b18-14-. The molecule has 1 unspecified atom stereocenters. The number of carbonyl (C=O) groups excluding carboxylic acids is 2. The minimum absolute atomic E-state index is 0.133. The molecule has 1 amide bonds. The van der Waals surface area contributed by atoms with Gasteiger partial charge in [-0.15, -0.1) is 0 Å². The van der Waals surface area contributed by atoms with E-state index in [0.29, 0.717) is 32.5 Å². The number of esters is 1. The summed E-state index contributed by atoms with van der Waals surface area (Å²) in [7, 11) is 0. The number of piperidine rings is 1. The number of hydrogen-bond donors (Lipinski definition) is 0. The SMILES string of the molecule is CCOC(=O)C1CCN(C(=O)/C(C#N)=C\N2c3ccccc3CC2C)CC1. The van der Waals surface area contributed by atoms with Crippen LogP contribution in [0.2, 0.25) is 0 Å². The predicted octanol–water partition coefficient (Wildman–Crippen LogP) is 2.65. The molecule has 0 N–H and O–H groups in total. The third-order valence-corrected chi connectivity index (χ3v) is 5.28. The maximum absolute atomic E-state index is 12.8. The van der Waals surface area contributed by atoms with E-state index in [4.69, 9.17) is 4.74 Å². The lowest BCUT2D eigenvalue weighted by atomic mass is 9.96. The second-order valence-electron chi connectivity index (χ2n) is 7.06. The molecule has 2 heterocycles. The third kappa shape index (κ3) is 3.97. The van der Waals surface area contributed by atoms with Gasteiger partial charge >= 0.3 is 5.97 Å². The predicted molar refractivity (Wildman–Crippen MR) is 102 cm³/mol. The zero-order chi connectivity index (χ0) is 19.4. The number of ether oxygens (including phenoxy) is 1. The molecule has 0 radical (unpaired) electrons. The van der Waals surface area contributed by atoms with Crippen LogP contribution >= 0.6 is 0 Å². The number of benzene rings is 1. The van der Waals surface area contributed by atoms with Crippen molar-refractivity contribution in [1.29, 1.82) is 5.26 Å². The van der Waals surface area contributed by atoms with Gasteiger partial charge in [-0.05, 0) is 44.7 Å². The van der Waals surface area contributed by atoms with Crippen molar-refractivity contribution in [1.82, 2.24) is 4.90 Å². The van der Waals surface area contributed by atoms with Crippen LogP contribution in [-0.4, -0.2) is 42.5 Å². The lowest BCUT2D eigenvalue weighted by Gasteiger charge is -2.31. The van der Waals surface area contributed by atoms with E-state index >= 15 is 0 Å². The molecular weight excluding hydrogens is 342 g/mol. The summed E-state index contributed by atoms with van der Waals surface area (Å²) in [6, 6.07) is 10.3. The maximum atomic E-state index is 12.8. The molecule has 2 aliphatic rings. The van der Waals surface area contributed by atoms with Crippen LogP contribution in [0.15, 0.2) is 36.0 Å². The molecule has 0 spiro atoms. The lowest BCUT2D eigenvalue weighted by molar-refractivity contribution is -0.150. The molecule has 0 aromatic heterocycles. The van der Waals surface area contributed by atoms with Crippen LogP contribution in [0.1, 0.15) is 32.3 Å². The molecule has 2 aliphatic heterocycles. The molecular formula is C21H25N3O3. The molecule has 6 nitrogen and oxygen atoms in total. The average molecular weight is 367 g/mol. The van der Waals surface area contributed by atoms with Crippen molar-refractivity contribution in [2.75, 3.05) is 24.6 Å². The van der Waals surface area contributed by atoms with Crippen molar-refractivity contribution in [3.63, 3.8) is 0 Å². The Morgan fingerprint density at radius 1 is 1.30 bits per heavy atom. The van der Waals surface area contributed by atoms with Gasteiger partial charge in [0.25, 0.3) is 5.91 Å². The number of nitrogens with zero attached hydrogens (tertiary/aromatic N) is 3. The van der Waals surface area contributed by atoms with Gasteiger partial charge in [-0.25, -0.2) is 0 Å². The molecule has 27 heavy (non-hydrogen) atoms. The molecule has 0 saturated carbocycles. The first kappa shape index (κ1) is 19.0. The summed E-state index contributed by atoms with van der Waals surface area (Å²) in [6.45, 7) is 5.18. The highest BCUT2D eigenvalue weighted by Crippen LogP contribution is 2.32. The number of nitriles is 1. The highest BCUT2D eigenvalue weighted by molar-refractivity contribution is 5.98. The third-order valence-electron chi connectivity index (χ3n) is 5.28. The van der Waals surface area contributed by atoms with Crippen LogP contribution in [0, 0.1) is 17.2 Å². The van der Waals surface area contributed by atoms with Gasteiger partial charge in [-0.3, -0.25) is 9.59 Å². The van der Waals surface area contributed by atoms with E-state index in [1.54, 1.807) is 18.0 Å². The fraction of sp³-hybridized carbons (Fsp3) is 0.476. The molecule has 1 fully saturated rings. The fourth-order valence-electron chi connectivity index (χ4n) is 3.81. The lowest BCUT2D eigenvalue weighted by Crippen LogP contribution is -2.41. The molecule has 1 aromatic rings. The summed E-state index contributed by atoms with van der Waals surface area (Å²) < 4.78 is 5.07. The smallest absolute Gasteiger partial charge is 0.309 e. The molecule has 3 rings (SSSR count). The Bertz CT molecular complexity index is 788. The molecule has 142 valence electrons. The first-order valence-electron chi connectivity index (χ1n) is 9.49. The van der Waals surface area contributed by atoms with Crippen molar-refractivity contribution < 1.29 is 14.3 Å². The topological polar surface area (TPSA) is 73.6 Å². The Hall–Kier alpha value is -2.81. The van der Waals surface area contributed by atoms with Crippen LogP contribution in [0.25, 0.3) is 0 Å². The van der Waals surface area contributed by atoms with Crippen LogP contribution in [0.3, 0.4) is 0 Å². The minimum Gasteiger partial charge on any atom is -0.466 e. The van der Waals surface area contributed by atoms with Gasteiger partial charge in [0.2, 0.25) is 0 Å². The van der Waals surface area contributed by atoms with Crippen LogP contribution < -0.4 is 4.90 Å². The average Bonchev–Trinajstić information content (AvgIpc) is 3.01. The number of likely N-dealkylation sites (tertiary alicyclic amines) is 1. The molecule has 6 heteroatoms. The number of carbonyl (C=O) groups is 2. The van der Waals surface area contributed by atoms with Crippen LogP contribution in [-0.2, 0) is 20.7 Å². The first-order valence-corrected chi connectivity index (χ1v) is 9.49. The monoisotopic (exact) mass is 367 g/mol. The van der Waals surface area contributed by atoms with Gasteiger partial charge < -0.3 is 14.5 Å². The van der Waals surface area contributed by atoms with Crippen molar-refractivity contribution in [3.8, 4) is 6.07 Å². The Morgan fingerprint density at radius 2 is 2.00 bits per heavy atom. The minimum atomic E-state index is -0.267. The van der Waals surface area contributed by atoms with E-state index in [1.807, 2.05) is 23.1 Å². The van der Waals surface area contributed by atoms with E-state index in [-0.39, 0.29) is 29.4 Å². The summed E-state index contributed by atoms with van der Waals surface area (Å²) in [4.78, 5) is 28.4. The van der Waals surface area contributed by atoms with E-state index in [2.05, 4.69) is 19.1 Å². The Kier molecular flexibility index (Phi) is 5.80. The Labute approximate surface area is 160 Å². The number of fused-ring (bicyclic) bond motifs is 1. The molecule has 1 saturated heterocycles. The van der Waals surface area contributed by atoms with Gasteiger partial charge in [0, 0.05) is 31.0 Å². The maximum Gasteiger partial charge on any atom is 0.309 e. The zero-order valence-electron chi connectivity index (χ0n) is 15.9. The van der Waals surface area contributed by atoms with E-state index in [0.717, 1.165) is 12.1 Å². The molecule has 1 aromatic carbocycles. The normalized spacial score (nSPS) is 20.2. The highest BCUT2D eigenvalue weighted by atomic mass is 16.5. The summed E-state index contributed by atoms with van der Waals surface area (Å²) in [5.41, 5.74) is 2.40. The van der Waals surface area contributed by atoms with Gasteiger partial charge in [-0.2, -0.15) is 5.26 Å². The van der Waals surface area contributed by atoms with Crippen LogP contribution in [0.4, 0.5) is 5.69 Å². The molecule has 1 atom stereocenters.